The van der Waals surface area contributed by atoms with Crippen LogP contribution in [0.3, 0.4) is 0 Å². The molecular formula is C27H21FN10O. The first kappa shape index (κ1) is 23.0. The van der Waals surface area contributed by atoms with Crippen molar-refractivity contribution in [2.24, 2.45) is 7.05 Å². The summed E-state index contributed by atoms with van der Waals surface area (Å²) in [4.78, 5) is 12.9. The molecule has 2 atom stereocenters. The van der Waals surface area contributed by atoms with Crippen molar-refractivity contribution in [1.82, 2.24) is 45.4 Å². The first-order valence-corrected chi connectivity index (χ1v) is 12.3. The third-order valence-electron chi connectivity index (χ3n) is 7.12. The molecule has 0 radical (unpaired) electrons. The predicted octanol–water partition coefficient (Wildman–Crippen LogP) is 3.57. The Morgan fingerprint density at radius 1 is 1.15 bits per heavy atom. The van der Waals surface area contributed by atoms with E-state index in [0.717, 1.165) is 22.2 Å². The molecule has 11 nitrogen and oxygen atoms in total. The lowest BCUT2D eigenvalue weighted by Gasteiger charge is -2.38. The molecule has 0 fully saturated rings. The van der Waals surface area contributed by atoms with E-state index in [9.17, 15) is 9.65 Å². The summed E-state index contributed by atoms with van der Waals surface area (Å²) in [5, 5.41) is 31.0. The fourth-order valence-corrected chi connectivity index (χ4v) is 5.41. The molecule has 3 N–H and O–H groups in total. The molecule has 2 aromatic carbocycles. The number of hydrogen-bond acceptors (Lipinski definition) is 8. The van der Waals surface area contributed by atoms with E-state index in [1.165, 1.54) is 12.1 Å². The van der Waals surface area contributed by atoms with Crippen LogP contribution in [0.5, 0.6) is 0 Å². The van der Waals surface area contributed by atoms with E-state index in [-0.39, 0.29) is 5.82 Å². The number of rotatable bonds is 4. The lowest BCUT2D eigenvalue weighted by Crippen LogP contribution is -2.52. The average Bonchev–Trinajstić information content (AvgIpc) is 3.75. The van der Waals surface area contributed by atoms with E-state index < -0.39 is 11.6 Å². The lowest BCUT2D eigenvalue weighted by molar-refractivity contribution is 0.310. The van der Waals surface area contributed by atoms with Crippen LogP contribution in [0.2, 0.25) is 0 Å². The van der Waals surface area contributed by atoms with Crippen molar-refractivity contribution < 1.29 is 8.91 Å². The minimum atomic E-state index is -1.16. The number of hydrogen-bond donors (Lipinski definition) is 3. The van der Waals surface area contributed by atoms with Crippen LogP contribution >= 0.6 is 0 Å². The second-order valence-electron chi connectivity index (χ2n) is 9.53. The lowest BCUT2D eigenvalue weighted by atomic mass is 9.80. The summed E-state index contributed by atoms with van der Waals surface area (Å²) in [6.45, 7) is 1.73. The van der Waals surface area contributed by atoms with E-state index in [2.05, 4.69) is 36.7 Å². The number of fused-ring (bicyclic) bond motifs is 3. The van der Waals surface area contributed by atoms with E-state index in [1.54, 1.807) is 29.8 Å². The van der Waals surface area contributed by atoms with Crippen LogP contribution in [0.4, 0.5) is 4.39 Å². The minimum Gasteiger partial charge on any atom is -0.356 e. The smallest absolute Gasteiger partial charge is 0.223 e. The van der Waals surface area contributed by atoms with Gasteiger partial charge in [-0.25, -0.2) is 9.37 Å². The summed E-state index contributed by atoms with van der Waals surface area (Å²) in [5.41, 5.74) is 3.21. The van der Waals surface area contributed by atoms with Gasteiger partial charge < -0.3 is 9.51 Å². The Hall–Kier alpha value is -5.15. The van der Waals surface area contributed by atoms with E-state index in [4.69, 9.17) is 14.6 Å². The molecule has 5 heterocycles. The molecule has 0 bridgehead atoms. The summed E-state index contributed by atoms with van der Waals surface area (Å²) in [7, 11) is 1.84. The first-order valence-electron chi connectivity index (χ1n) is 12.3. The standard InChI is InChI=1S/C27H21FN10O/c1-14-30-26(37-39-14)27(21-10-11-38(2)36-21)23-18(22-16(13-29)4-3-5-19(22)31-23)12-20(33-27)25-32-24(34-35-25)15-6-8-17(28)9-7-15/h3-11,20,31,33H,12H2,1-2H3,(H,32,34,35). The molecule has 0 aliphatic carbocycles. The molecule has 7 rings (SSSR count). The van der Waals surface area contributed by atoms with Gasteiger partial charge in [-0.2, -0.15) is 20.4 Å². The maximum Gasteiger partial charge on any atom is 0.223 e. The molecule has 39 heavy (non-hydrogen) atoms. The average molecular weight is 521 g/mol. The van der Waals surface area contributed by atoms with Gasteiger partial charge in [-0.3, -0.25) is 15.1 Å². The normalized spacial score (nSPS) is 18.8. The monoisotopic (exact) mass is 520 g/mol. The highest BCUT2D eigenvalue weighted by Crippen LogP contribution is 2.45. The molecule has 0 amide bonds. The number of aromatic nitrogens is 8. The Kier molecular flexibility index (Phi) is 4.98. The molecule has 1 aliphatic heterocycles. The number of aromatic amines is 2. The van der Waals surface area contributed by atoms with Crippen molar-refractivity contribution in [2.45, 2.75) is 24.9 Å². The van der Waals surface area contributed by atoms with Crippen molar-refractivity contribution in [1.29, 1.82) is 5.26 Å². The molecular weight excluding hydrogens is 499 g/mol. The van der Waals surface area contributed by atoms with Gasteiger partial charge in [0.05, 0.1) is 29.1 Å². The predicted molar refractivity (Wildman–Crippen MR) is 136 cm³/mol. The molecule has 192 valence electrons. The summed E-state index contributed by atoms with van der Waals surface area (Å²) < 4.78 is 20.7. The fourth-order valence-electron chi connectivity index (χ4n) is 5.41. The van der Waals surface area contributed by atoms with Gasteiger partial charge in [-0.15, -0.1) is 0 Å². The molecule has 6 aromatic rings. The number of halogens is 1. The minimum absolute atomic E-state index is 0.334. The van der Waals surface area contributed by atoms with Gasteiger partial charge in [0, 0.05) is 36.6 Å². The van der Waals surface area contributed by atoms with Crippen LogP contribution in [0.1, 0.15) is 46.1 Å². The molecule has 0 saturated heterocycles. The summed E-state index contributed by atoms with van der Waals surface area (Å²) in [5.74, 6) is 1.43. The molecule has 2 unspecified atom stereocenters. The van der Waals surface area contributed by atoms with E-state index in [1.807, 2.05) is 31.4 Å². The molecule has 1 aliphatic rings. The van der Waals surface area contributed by atoms with Gasteiger partial charge in [0.15, 0.2) is 11.4 Å². The first-order chi connectivity index (χ1) is 19.0. The third-order valence-corrected chi connectivity index (χ3v) is 7.12. The zero-order valence-corrected chi connectivity index (χ0v) is 20.9. The van der Waals surface area contributed by atoms with E-state index in [0.29, 0.717) is 46.6 Å². The van der Waals surface area contributed by atoms with Crippen LogP contribution in [0.25, 0.3) is 22.3 Å². The van der Waals surface area contributed by atoms with E-state index >= 15 is 0 Å². The zero-order chi connectivity index (χ0) is 26.7. The topological polar surface area (TPSA) is 150 Å². The number of aryl methyl sites for hydroxylation is 2. The van der Waals surface area contributed by atoms with Crippen LogP contribution in [-0.2, 0) is 19.0 Å². The van der Waals surface area contributed by atoms with Crippen LogP contribution in [-0.4, -0.2) is 40.1 Å². The molecule has 4 aromatic heterocycles. The zero-order valence-electron chi connectivity index (χ0n) is 20.9. The Bertz CT molecular complexity index is 1850. The highest BCUT2D eigenvalue weighted by atomic mass is 19.1. The second-order valence-corrected chi connectivity index (χ2v) is 9.53. The summed E-state index contributed by atoms with van der Waals surface area (Å²) in [6, 6.07) is 15.4. The number of benzene rings is 2. The van der Waals surface area contributed by atoms with Gasteiger partial charge >= 0.3 is 0 Å². The number of H-pyrrole nitrogens is 2. The summed E-state index contributed by atoms with van der Waals surface area (Å²) in [6.07, 6.45) is 2.33. The molecule has 12 heteroatoms. The highest BCUT2D eigenvalue weighted by Gasteiger charge is 2.51. The molecule has 0 spiro atoms. The summed E-state index contributed by atoms with van der Waals surface area (Å²) >= 11 is 0. The Morgan fingerprint density at radius 3 is 2.72 bits per heavy atom. The number of nitrogens with one attached hydrogen (secondary N) is 3. The van der Waals surface area contributed by atoms with Gasteiger partial charge in [0.1, 0.15) is 11.6 Å². The Morgan fingerprint density at radius 2 is 2.00 bits per heavy atom. The second kappa shape index (κ2) is 8.44. The maximum atomic E-state index is 13.5. The Balaban J connectivity index is 1.47. The van der Waals surface area contributed by atoms with Crippen molar-refractivity contribution in [3.8, 4) is 17.5 Å². The van der Waals surface area contributed by atoms with Gasteiger partial charge in [-0.05, 0) is 54.4 Å². The van der Waals surface area contributed by atoms with Gasteiger partial charge in [0.2, 0.25) is 11.7 Å². The van der Waals surface area contributed by atoms with Crippen LogP contribution in [0, 0.1) is 24.1 Å². The largest absolute Gasteiger partial charge is 0.356 e. The van der Waals surface area contributed by atoms with Crippen molar-refractivity contribution in [2.75, 3.05) is 0 Å². The number of nitriles is 1. The quantitative estimate of drug-likeness (QED) is 0.319. The van der Waals surface area contributed by atoms with Gasteiger partial charge in [-0.1, -0.05) is 11.2 Å². The van der Waals surface area contributed by atoms with Crippen molar-refractivity contribution >= 4 is 10.9 Å². The van der Waals surface area contributed by atoms with Gasteiger partial charge in [0.25, 0.3) is 0 Å². The van der Waals surface area contributed by atoms with Crippen molar-refractivity contribution in [3.05, 3.63) is 101 Å². The Labute approximate surface area is 220 Å². The third kappa shape index (κ3) is 3.48. The fraction of sp³-hybridized carbons (Fsp3) is 0.185. The van der Waals surface area contributed by atoms with Crippen molar-refractivity contribution in [3.63, 3.8) is 0 Å². The highest BCUT2D eigenvalue weighted by molar-refractivity contribution is 5.91. The molecule has 0 saturated carbocycles. The SMILES string of the molecule is Cc1nc(C2(c3ccn(C)n3)NC(c3nc(-c4ccc(F)cc4)n[nH]3)Cc3c2[nH]c2cccc(C#N)c32)no1. The maximum absolute atomic E-state index is 13.5. The van der Waals surface area contributed by atoms with Crippen LogP contribution < -0.4 is 5.32 Å². The van der Waals surface area contributed by atoms with Crippen LogP contribution in [0.15, 0.2) is 59.3 Å². The number of nitrogens with zero attached hydrogens (tertiary/aromatic N) is 7.